The first-order valence-corrected chi connectivity index (χ1v) is 6.01. The van der Waals surface area contributed by atoms with E-state index in [1.165, 1.54) is 0 Å². The number of benzene rings is 1. The molecule has 3 N–H and O–H groups in total. The second-order valence-electron chi connectivity index (χ2n) is 5.43. The normalized spacial score (nSPS) is 12.4. The molecule has 1 rings (SSSR count). The molecular weight excluding hydrogens is 264 g/mol. The van der Waals surface area contributed by atoms with Gasteiger partial charge >= 0.3 is 0 Å². The van der Waals surface area contributed by atoms with Crippen molar-refractivity contribution in [3.63, 3.8) is 0 Å². The Morgan fingerprint density at radius 3 is 2.53 bits per heavy atom. The zero-order chi connectivity index (χ0) is 13.8. The summed E-state index contributed by atoms with van der Waals surface area (Å²) >= 11 is 0. The van der Waals surface area contributed by atoms with Crippen LogP contribution in [-0.2, 0) is 4.74 Å². The third-order valence-electron chi connectivity index (χ3n) is 2.85. The van der Waals surface area contributed by atoms with E-state index >= 15 is 0 Å². The molecule has 1 aromatic carbocycles. The van der Waals surface area contributed by atoms with Crippen molar-refractivity contribution in [1.29, 1.82) is 0 Å². The molecule has 4 nitrogen and oxygen atoms in total. The number of carbonyl (C=O) groups is 1. The van der Waals surface area contributed by atoms with E-state index in [-0.39, 0.29) is 29.8 Å². The van der Waals surface area contributed by atoms with Crippen molar-refractivity contribution in [3.05, 3.63) is 29.8 Å². The fourth-order valence-corrected chi connectivity index (χ4v) is 1.71. The Balaban J connectivity index is 0.00000324. The highest BCUT2D eigenvalue weighted by molar-refractivity contribution is 5.94. The van der Waals surface area contributed by atoms with Gasteiger partial charge in [-0.25, -0.2) is 0 Å². The van der Waals surface area contributed by atoms with E-state index in [0.29, 0.717) is 17.8 Å². The van der Waals surface area contributed by atoms with Crippen molar-refractivity contribution < 1.29 is 9.53 Å². The summed E-state index contributed by atoms with van der Waals surface area (Å²) in [5, 5.41) is 2.86. The Morgan fingerprint density at radius 2 is 2.05 bits per heavy atom. The van der Waals surface area contributed by atoms with Gasteiger partial charge in [0.25, 0.3) is 5.91 Å². The molecule has 0 heterocycles. The first-order chi connectivity index (χ1) is 8.34. The predicted molar refractivity (Wildman–Crippen MR) is 80.7 cm³/mol. The van der Waals surface area contributed by atoms with Crippen LogP contribution < -0.4 is 11.1 Å². The second kappa shape index (κ2) is 7.36. The molecule has 0 saturated heterocycles. The van der Waals surface area contributed by atoms with Gasteiger partial charge in [0.05, 0.1) is 6.10 Å². The van der Waals surface area contributed by atoms with E-state index in [4.69, 9.17) is 10.5 Å². The number of nitrogens with one attached hydrogen (secondary N) is 1. The number of hydrogen-bond acceptors (Lipinski definition) is 3. The summed E-state index contributed by atoms with van der Waals surface area (Å²) in [4.78, 5) is 11.9. The van der Waals surface area contributed by atoms with Crippen LogP contribution in [0, 0.1) is 5.41 Å². The van der Waals surface area contributed by atoms with Crippen molar-refractivity contribution >= 4 is 24.0 Å². The average molecular weight is 287 g/mol. The van der Waals surface area contributed by atoms with Gasteiger partial charge in [-0.15, -0.1) is 12.4 Å². The van der Waals surface area contributed by atoms with Crippen LogP contribution in [0.1, 0.15) is 31.1 Å². The highest BCUT2D eigenvalue weighted by atomic mass is 35.5. The molecule has 5 heteroatoms. The van der Waals surface area contributed by atoms with Crippen LogP contribution in [0.25, 0.3) is 0 Å². The number of nitrogen functional groups attached to an aromatic ring is 1. The van der Waals surface area contributed by atoms with Gasteiger partial charge in [0, 0.05) is 24.9 Å². The Labute approximate surface area is 121 Å². The lowest BCUT2D eigenvalue weighted by Gasteiger charge is -2.29. The van der Waals surface area contributed by atoms with E-state index in [2.05, 4.69) is 26.1 Å². The van der Waals surface area contributed by atoms with Gasteiger partial charge in [-0.2, -0.15) is 0 Å². The largest absolute Gasteiger partial charge is 0.399 e. The zero-order valence-corrected chi connectivity index (χ0v) is 12.7. The summed E-state index contributed by atoms with van der Waals surface area (Å²) < 4.78 is 5.39. The Bertz CT molecular complexity index is 416. The monoisotopic (exact) mass is 286 g/mol. The molecule has 0 bridgehead atoms. The van der Waals surface area contributed by atoms with Gasteiger partial charge in [0.15, 0.2) is 0 Å². The van der Waals surface area contributed by atoms with E-state index in [1.54, 1.807) is 31.4 Å². The number of hydrogen-bond donors (Lipinski definition) is 2. The van der Waals surface area contributed by atoms with Crippen LogP contribution in [0.3, 0.4) is 0 Å². The van der Waals surface area contributed by atoms with E-state index in [1.807, 2.05) is 0 Å². The Hall–Kier alpha value is -1.26. The maximum Gasteiger partial charge on any atom is 0.251 e. The molecule has 0 aliphatic rings. The van der Waals surface area contributed by atoms with Crippen LogP contribution in [0.4, 0.5) is 5.69 Å². The number of halogens is 1. The standard InChI is InChI=1S/C14H22N2O2.ClH/c1-14(2,3)12(18-4)9-16-13(17)10-6-5-7-11(15)8-10;/h5-8,12H,9,15H2,1-4H3,(H,16,17);1H. The molecule has 0 aliphatic carbocycles. The van der Waals surface area contributed by atoms with Gasteiger partial charge < -0.3 is 15.8 Å². The Kier molecular flexibility index (Phi) is 6.87. The van der Waals surface area contributed by atoms with E-state index in [9.17, 15) is 4.79 Å². The summed E-state index contributed by atoms with van der Waals surface area (Å²) in [6.45, 7) is 6.71. The summed E-state index contributed by atoms with van der Waals surface area (Å²) in [5.41, 5.74) is 6.78. The highest BCUT2D eigenvalue weighted by Gasteiger charge is 2.24. The minimum Gasteiger partial charge on any atom is -0.399 e. The number of amides is 1. The number of anilines is 1. The predicted octanol–water partition coefficient (Wildman–Crippen LogP) is 2.48. The summed E-state index contributed by atoms with van der Waals surface area (Å²) in [6.07, 6.45) is -0.0255. The molecule has 0 spiro atoms. The third-order valence-corrected chi connectivity index (χ3v) is 2.85. The molecule has 0 aliphatic heterocycles. The molecule has 0 fully saturated rings. The minimum absolute atomic E-state index is 0. The maximum absolute atomic E-state index is 11.9. The summed E-state index contributed by atoms with van der Waals surface area (Å²) in [5.74, 6) is -0.131. The van der Waals surface area contributed by atoms with Crippen LogP contribution >= 0.6 is 12.4 Å². The molecule has 1 amide bonds. The molecule has 1 atom stereocenters. The topological polar surface area (TPSA) is 64.3 Å². The number of carbonyl (C=O) groups excluding carboxylic acids is 1. The van der Waals surface area contributed by atoms with Crippen molar-refractivity contribution in [2.24, 2.45) is 5.41 Å². The van der Waals surface area contributed by atoms with Crippen LogP contribution in [0.5, 0.6) is 0 Å². The average Bonchev–Trinajstić information content (AvgIpc) is 2.27. The molecule has 19 heavy (non-hydrogen) atoms. The van der Waals surface area contributed by atoms with Crippen molar-refractivity contribution in [2.75, 3.05) is 19.4 Å². The Morgan fingerprint density at radius 1 is 1.42 bits per heavy atom. The van der Waals surface area contributed by atoms with Crippen molar-refractivity contribution in [3.8, 4) is 0 Å². The van der Waals surface area contributed by atoms with Gasteiger partial charge in [0.1, 0.15) is 0 Å². The molecule has 0 radical (unpaired) electrons. The SMILES string of the molecule is COC(CNC(=O)c1cccc(N)c1)C(C)(C)C.Cl. The second-order valence-corrected chi connectivity index (χ2v) is 5.43. The lowest BCUT2D eigenvalue weighted by atomic mass is 9.89. The molecule has 1 aromatic rings. The molecular formula is C14H23ClN2O2. The molecule has 0 aromatic heterocycles. The minimum atomic E-state index is -0.131. The fraction of sp³-hybridized carbons (Fsp3) is 0.500. The van der Waals surface area contributed by atoms with Gasteiger partial charge in [-0.3, -0.25) is 4.79 Å². The molecule has 108 valence electrons. The molecule has 1 unspecified atom stereocenters. The lowest BCUT2D eigenvalue weighted by molar-refractivity contribution is 0.0176. The lowest BCUT2D eigenvalue weighted by Crippen LogP contribution is -2.40. The maximum atomic E-state index is 11.9. The number of ether oxygens (including phenoxy) is 1. The van der Waals surface area contributed by atoms with Gasteiger partial charge in [-0.05, 0) is 23.6 Å². The number of nitrogens with two attached hydrogens (primary N) is 1. The fourth-order valence-electron chi connectivity index (χ4n) is 1.71. The van der Waals surface area contributed by atoms with Crippen molar-refractivity contribution in [2.45, 2.75) is 26.9 Å². The van der Waals surface area contributed by atoms with E-state index < -0.39 is 0 Å². The summed E-state index contributed by atoms with van der Waals surface area (Å²) in [6, 6.07) is 6.92. The first kappa shape index (κ1) is 17.7. The molecule has 0 saturated carbocycles. The van der Waals surface area contributed by atoms with Gasteiger partial charge in [-0.1, -0.05) is 26.8 Å². The quantitative estimate of drug-likeness (QED) is 0.836. The van der Waals surface area contributed by atoms with Crippen molar-refractivity contribution in [1.82, 2.24) is 5.32 Å². The highest BCUT2D eigenvalue weighted by Crippen LogP contribution is 2.21. The number of rotatable bonds is 4. The smallest absolute Gasteiger partial charge is 0.251 e. The first-order valence-electron chi connectivity index (χ1n) is 6.01. The number of methoxy groups -OCH3 is 1. The van der Waals surface area contributed by atoms with Crippen LogP contribution in [-0.4, -0.2) is 25.7 Å². The zero-order valence-electron chi connectivity index (χ0n) is 11.9. The van der Waals surface area contributed by atoms with Crippen LogP contribution in [0.2, 0.25) is 0 Å². The van der Waals surface area contributed by atoms with Gasteiger partial charge in [0.2, 0.25) is 0 Å². The summed E-state index contributed by atoms with van der Waals surface area (Å²) in [7, 11) is 1.66. The third kappa shape index (κ3) is 5.49. The van der Waals surface area contributed by atoms with Crippen LogP contribution in [0.15, 0.2) is 24.3 Å². The van der Waals surface area contributed by atoms with E-state index in [0.717, 1.165) is 0 Å².